The van der Waals surface area contributed by atoms with E-state index in [9.17, 15) is 9.59 Å². The van der Waals surface area contributed by atoms with Crippen molar-refractivity contribution >= 4 is 12.0 Å². The molecule has 2 atom stereocenters. The second kappa shape index (κ2) is 8.87. The Morgan fingerprint density at radius 1 is 1.43 bits per heavy atom. The van der Waals surface area contributed by atoms with Gasteiger partial charge in [0.15, 0.2) is 0 Å². The maximum absolute atomic E-state index is 12.2. The Balaban J connectivity index is 2.46. The Labute approximate surface area is 127 Å². The number of amides is 2. The first-order chi connectivity index (χ1) is 9.97. The number of nitrogens with one attached hydrogen (secondary N) is 1. The number of carboxylic acids is 1. The van der Waals surface area contributed by atoms with Crippen molar-refractivity contribution in [1.82, 2.24) is 15.1 Å². The lowest BCUT2D eigenvalue weighted by atomic mass is 10.1. The number of nitrogens with zero attached hydrogens (tertiary/aromatic N) is 2. The van der Waals surface area contributed by atoms with E-state index in [4.69, 9.17) is 5.11 Å². The summed E-state index contributed by atoms with van der Waals surface area (Å²) < 4.78 is 0. The SMILES string of the molecule is CCCC(CC(=O)O)NC(=O)N(C)CC1CCCN1CC. The van der Waals surface area contributed by atoms with Gasteiger partial charge in [-0.1, -0.05) is 20.3 Å². The largest absolute Gasteiger partial charge is 0.481 e. The summed E-state index contributed by atoms with van der Waals surface area (Å²) in [4.78, 5) is 27.1. The molecule has 0 aromatic carbocycles. The molecule has 2 unspecified atom stereocenters. The smallest absolute Gasteiger partial charge is 0.317 e. The summed E-state index contributed by atoms with van der Waals surface area (Å²) in [6.07, 6.45) is 3.84. The fourth-order valence-corrected chi connectivity index (χ4v) is 2.99. The number of carbonyl (C=O) groups excluding carboxylic acids is 1. The van der Waals surface area contributed by atoms with Gasteiger partial charge in [-0.15, -0.1) is 0 Å². The number of likely N-dealkylation sites (N-methyl/N-ethyl adjacent to an activating group) is 2. The topological polar surface area (TPSA) is 72.9 Å². The van der Waals surface area contributed by atoms with Crippen LogP contribution in [-0.2, 0) is 4.79 Å². The molecule has 122 valence electrons. The monoisotopic (exact) mass is 299 g/mol. The summed E-state index contributed by atoms with van der Waals surface area (Å²) in [6.45, 7) is 6.95. The van der Waals surface area contributed by atoms with Crippen LogP contribution >= 0.6 is 0 Å². The third-order valence-electron chi connectivity index (χ3n) is 4.12. The molecule has 1 aliphatic heterocycles. The Hall–Kier alpha value is -1.30. The van der Waals surface area contributed by atoms with Gasteiger partial charge in [0.2, 0.25) is 0 Å². The van der Waals surface area contributed by atoms with Crippen LogP contribution in [0.15, 0.2) is 0 Å². The highest BCUT2D eigenvalue weighted by atomic mass is 16.4. The number of urea groups is 1. The molecule has 0 aliphatic carbocycles. The molecular weight excluding hydrogens is 270 g/mol. The number of carbonyl (C=O) groups is 2. The lowest BCUT2D eigenvalue weighted by molar-refractivity contribution is -0.137. The first kappa shape index (κ1) is 17.8. The van der Waals surface area contributed by atoms with E-state index in [1.807, 2.05) is 6.92 Å². The van der Waals surface area contributed by atoms with Crippen LogP contribution in [0.2, 0.25) is 0 Å². The lowest BCUT2D eigenvalue weighted by Gasteiger charge is -2.29. The summed E-state index contributed by atoms with van der Waals surface area (Å²) in [6, 6.07) is -0.0270. The van der Waals surface area contributed by atoms with Crippen molar-refractivity contribution in [2.45, 2.75) is 58.0 Å². The van der Waals surface area contributed by atoms with E-state index in [0.717, 1.165) is 25.9 Å². The fourth-order valence-electron chi connectivity index (χ4n) is 2.99. The second-order valence-corrected chi connectivity index (χ2v) is 5.84. The Kier molecular flexibility index (Phi) is 7.50. The van der Waals surface area contributed by atoms with Gasteiger partial charge < -0.3 is 15.3 Å². The highest BCUT2D eigenvalue weighted by Gasteiger charge is 2.26. The highest BCUT2D eigenvalue weighted by molar-refractivity contribution is 5.75. The molecule has 0 bridgehead atoms. The van der Waals surface area contributed by atoms with Crippen molar-refractivity contribution in [2.24, 2.45) is 0 Å². The standard InChI is InChI=1S/C15H29N3O3/c1-4-7-12(10-14(19)20)16-15(21)17(3)11-13-8-6-9-18(13)5-2/h12-13H,4-11H2,1-3H3,(H,16,21)(H,19,20). The molecule has 1 fully saturated rings. The zero-order valence-electron chi connectivity index (χ0n) is 13.5. The van der Waals surface area contributed by atoms with Gasteiger partial charge in [0.25, 0.3) is 0 Å². The van der Waals surface area contributed by atoms with Crippen molar-refractivity contribution in [3.8, 4) is 0 Å². The summed E-state index contributed by atoms with van der Waals surface area (Å²) >= 11 is 0. The first-order valence-corrected chi connectivity index (χ1v) is 7.95. The van der Waals surface area contributed by atoms with Crippen molar-refractivity contribution in [1.29, 1.82) is 0 Å². The van der Waals surface area contributed by atoms with Gasteiger partial charge >= 0.3 is 12.0 Å². The predicted octanol–water partition coefficient (Wildman–Crippen LogP) is 1.76. The zero-order valence-corrected chi connectivity index (χ0v) is 13.5. The van der Waals surface area contributed by atoms with Gasteiger partial charge in [0.05, 0.1) is 6.42 Å². The molecule has 1 aliphatic rings. The Morgan fingerprint density at radius 3 is 2.71 bits per heavy atom. The molecule has 0 aromatic heterocycles. The zero-order chi connectivity index (χ0) is 15.8. The van der Waals surface area contributed by atoms with E-state index < -0.39 is 5.97 Å². The number of carboxylic acid groups (broad SMARTS) is 1. The van der Waals surface area contributed by atoms with Gasteiger partial charge in [0.1, 0.15) is 0 Å². The molecule has 1 rings (SSSR count). The molecule has 0 radical (unpaired) electrons. The van der Waals surface area contributed by atoms with Crippen LogP contribution < -0.4 is 5.32 Å². The predicted molar refractivity (Wildman–Crippen MR) is 82.4 cm³/mol. The normalized spacial score (nSPS) is 20.2. The van der Waals surface area contributed by atoms with Crippen LogP contribution in [0.5, 0.6) is 0 Å². The van der Waals surface area contributed by atoms with Crippen LogP contribution in [0.1, 0.15) is 46.0 Å². The average Bonchev–Trinajstić information content (AvgIpc) is 2.85. The minimum absolute atomic E-state index is 0.0159. The fraction of sp³-hybridized carbons (Fsp3) is 0.867. The van der Waals surface area contributed by atoms with Crippen LogP contribution in [0.25, 0.3) is 0 Å². The van der Waals surface area contributed by atoms with E-state index in [0.29, 0.717) is 19.0 Å². The van der Waals surface area contributed by atoms with E-state index in [1.165, 1.54) is 6.42 Å². The van der Waals surface area contributed by atoms with Crippen molar-refractivity contribution in [3.05, 3.63) is 0 Å². The minimum Gasteiger partial charge on any atom is -0.481 e. The number of hydrogen-bond donors (Lipinski definition) is 2. The summed E-state index contributed by atoms with van der Waals surface area (Å²) in [5.74, 6) is -0.871. The van der Waals surface area contributed by atoms with E-state index in [2.05, 4.69) is 17.1 Å². The molecule has 1 saturated heterocycles. The number of aliphatic carboxylic acids is 1. The van der Waals surface area contributed by atoms with Gasteiger partial charge in [-0.3, -0.25) is 9.69 Å². The van der Waals surface area contributed by atoms with E-state index in [-0.39, 0.29) is 18.5 Å². The molecule has 6 nitrogen and oxygen atoms in total. The maximum Gasteiger partial charge on any atom is 0.317 e. The second-order valence-electron chi connectivity index (χ2n) is 5.84. The van der Waals surface area contributed by atoms with Gasteiger partial charge in [0, 0.05) is 25.7 Å². The van der Waals surface area contributed by atoms with Gasteiger partial charge in [-0.2, -0.15) is 0 Å². The third-order valence-corrected chi connectivity index (χ3v) is 4.12. The molecule has 6 heteroatoms. The van der Waals surface area contributed by atoms with Crippen molar-refractivity contribution < 1.29 is 14.7 Å². The number of likely N-dealkylation sites (tertiary alicyclic amines) is 1. The van der Waals surface area contributed by atoms with Crippen molar-refractivity contribution in [3.63, 3.8) is 0 Å². The minimum atomic E-state index is -0.871. The number of hydrogen-bond acceptors (Lipinski definition) is 3. The van der Waals surface area contributed by atoms with Gasteiger partial charge in [-0.05, 0) is 32.4 Å². The average molecular weight is 299 g/mol. The van der Waals surface area contributed by atoms with E-state index in [1.54, 1.807) is 11.9 Å². The molecule has 0 aromatic rings. The summed E-state index contributed by atoms with van der Waals surface area (Å²) in [5, 5.41) is 11.7. The lowest BCUT2D eigenvalue weighted by Crippen LogP contribution is -2.48. The molecular formula is C15H29N3O3. The van der Waals surface area contributed by atoms with Crippen molar-refractivity contribution in [2.75, 3.05) is 26.7 Å². The molecule has 1 heterocycles. The first-order valence-electron chi connectivity index (χ1n) is 7.95. The molecule has 2 N–H and O–H groups in total. The quantitative estimate of drug-likeness (QED) is 0.716. The molecule has 21 heavy (non-hydrogen) atoms. The molecule has 2 amide bonds. The van der Waals surface area contributed by atoms with Crippen LogP contribution in [0.3, 0.4) is 0 Å². The molecule has 0 saturated carbocycles. The number of rotatable bonds is 8. The Morgan fingerprint density at radius 2 is 2.14 bits per heavy atom. The highest BCUT2D eigenvalue weighted by Crippen LogP contribution is 2.17. The maximum atomic E-state index is 12.2. The van der Waals surface area contributed by atoms with Gasteiger partial charge in [-0.25, -0.2) is 4.79 Å². The summed E-state index contributed by atoms with van der Waals surface area (Å²) in [7, 11) is 1.78. The van der Waals surface area contributed by atoms with Crippen LogP contribution in [-0.4, -0.2) is 65.7 Å². The third kappa shape index (κ3) is 5.91. The molecule has 0 spiro atoms. The summed E-state index contributed by atoms with van der Waals surface area (Å²) in [5.41, 5.74) is 0. The Bertz CT molecular complexity index is 349. The van der Waals surface area contributed by atoms with Crippen LogP contribution in [0.4, 0.5) is 4.79 Å². The van der Waals surface area contributed by atoms with Crippen LogP contribution in [0, 0.1) is 0 Å². The van der Waals surface area contributed by atoms with E-state index >= 15 is 0 Å².